The molecule has 0 saturated carbocycles. The zero-order valence-corrected chi connectivity index (χ0v) is 22.5. The van der Waals surface area contributed by atoms with Gasteiger partial charge in [0.15, 0.2) is 0 Å². The number of allylic oxidation sites excluding steroid dienone is 1. The summed E-state index contributed by atoms with van der Waals surface area (Å²) in [5, 5.41) is 0. The molecule has 1 unspecified atom stereocenters. The first kappa shape index (κ1) is 24.6. The fourth-order valence-electron chi connectivity index (χ4n) is 4.84. The van der Waals surface area contributed by atoms with Crippen LogP contribution in [0, 0.1) is 0 Å². The van der Waals surface area contributed by atoms with Crippen molar-refractivity contribution in [1.29, 1.82) is 0 Å². The summed E-state index contributed by atoms with van der Waals surface area (Å²) in [5.41, 5.74) is 9.29. The van der Waals surface area contributed by atoms with Crippen LogP contribution in [0.2, 0.25) is 0 Å². The molecule has 2 nitrogen and oxygen atoms in total. The summed E-state index contributed by atoms with van der Waals surface area (Å²) in [6.07, 6.45) is 6.83. The second kappa shape index (κ2) is 10.8. The number of unbranched alkanes of at least 4 members (excludes halogenated alkanes) is 1. The van der Waals surface area contributed by atoms with Crippen LogP contribution < -0.4 is 9.12 Å². The molecule has 33 heavy (non-hydrogen) atoms. The molecule has 5 heteroatoms. The second-order valence-electron chi connectivity index (χ2n) is 9.18. The van der Waals surface area contributed by atoms with Crippen LogP contribution in [0.4, 0.5) is 5.69 Å². The van der Waals surface area contributed by atoms with E-state index >= 15 is 0 Å². The third-order valence-corrected chi connectivity index (χ3v) is 8.92. The number of benzene rings is 3. The molecule has 4 rings (SSSR count). The molecule has 0 bridgehead atoms. The fourth-order valence-corrected chi connectivity index (χ4v) is 7.33. The van der Waals surface area contributed by atoms with Crippen LogP contribution in [0.1, 0.15) is 53.0 Å². The molecular formula is C28H32Cl2N2Ti. The third-order valence-electron chi connectivity index (χ3n) is 6.49. The van der Waals surface area contributed by atoms with Gasteiger partial charge in [-0.2, -0.15) is 0 Å². The maximum absolute atomic E-state index is 6.35. The molecular weight excluding hydrogens is 483 g/mol. The Morgan fingerprint density at radius 2 is 1.61 bits per heavy atom. The summed E-state index contributed by atoms with van der Waals surface area (Å²) in [7, 11) is 16.8. The molecule has 0 aliphatic heterocycles. The SMILES string of the molecule is CN(C)c1ccc(CCCCC2C(c3ccccc3)=Cc3ccccc32)c([CH2][Ti]([NH2])([Cl])[Cl])c1. The maximum atomic E-state index is 6.35. The van der Waals surface area contributed by atoms with E-state index in [0.29, 0.717) is 10.6 Å². The molecule has 0 spiro atoms. The Bertz CT molecular complexity index is 1120. The summed E-state index contributed by atoms with van der Waals surface area (Å²) in [6, 6.07) is 26.2. The Morgan fingerprint density at radius 3 is 2.33 bits per heavy atom. The number of halogens is 2. The van der Waals surface area contributed by atoms with Crippen LogP contribution in [-0.2, 0) is 25.9 Å². The molecule has 0 radical (unpaired) electrons. The summed E-state index contributed by atoms with van der Waals surface area (Å²) in [4.78, 5) is 2.11. The Balaban J connectivity index is 1.45. The van der Waals surface area contributed by atoms with Crippen molar-refractivity contribution in [2.45, 2.75) is 36.3 Å². The normalized spacial score (nSPS) is 15.3. The van der Waals surface area contributed by atoms with Gasteiger partial charge < -0.3 is 0 Å². The van der Waals surface area contributed by atoms with E-state index in [0.717, 1.165) is 31.4 Å². The van der Waals surface area contributed by atoms with Crippen molar-refractivity contribution < 1.29 is 14.7 Å². The van der Waals surface area contributed by atoms with E-state index in [2.05, 4.69) is 97.9 Å². The van der Waals surface area contributed by atoms with Crippen molar-refractivity contribution in [2.75, 3.05) is 19.0 Å². The third kappa shape index (κ3) is 6.32. The molecule has 2 N–H and O–H groups in total. The predicted octanol–water partition coefficient (Wildman–Crippen LogP) is 7.64. The zero-order chi connectivity index (χ0) is 23.4. The van der Waals surface area contributed by atoms with Crippen molar-refractivity contribution in [3.05, 3.63) is 101 Å². The second-order valence-corrected chi connectivity index (χ2v) is 18.5. The van der Waals surface area contributed by atoms with Crippen LogP contribution in [-0.4, -0.2) is 14.1 Å². The molecule has 3 aromatic carbocycles. The first-order valence-corrected chi connectivity index (χ1v) is 17.9. The van der Waals surface area contributed by atoms with Gasteiger partial charge in [-0.05, 0) is 0 Å². The molecule has 3 aromatic rings. The van der Waals surface area contributed by atoms with E-state index in [1.54, 1.807) is 0 Å². The van der Waals surface area contributed by atoms with E-state index in [-0.39, 0.29) is 0 Å². The number of nitrogens with two attached hydrogens (primary N) is 1. The van der Waals surface area contributed by atoms with Crippen LogP contribution in [0.15, 0.2) is 72.8 Å². The first-order chi connectivity index (χ1) is 15.8. The first-order valence-electron chi connectivity index (χ1n) is 11.6. The van der Waals surface area contributed by atoms with Crippen LogP contribution >= 0.6 is 18.6 Å². The van der Waals surface area contributed by atoms with Crippen molar-refractivity contribution in [1.82, 2.24) is 0 Å². The minimum atomic E-state index is -3.24. The van der Waals surface area contributed by atoms with Crippen molar-refractivity contribution in [3.8, 4) is 0 Å². The number of hydrogen-bond donors (Lipinski definition) is 1. The molecule has 0 aromatic heterocycles. The van der Waals surface area contributed by atoms with Gasteiger partial charge >= 0.3 is 205 Å². The number of hydrogen-bond acceptors (Lipinski definition) is 2. The van der Waals surface area contributed by atoms with E-state index in [1.807, 2.05) is 0 Å². The number of nitrogens with zero attached hydrogens (tertiary/aromatic N) is 1. The molecule has 0 saturated heterocycles. The van der Waals surface area contributed by atoms with Gasteiger partial charge in [0, 0.05) is 0 Å². The van der Waals surface area contributed by atoms with E-state index < -0.39 is 14.7 Å². The molecule has 1 aliphatic carbocycles. The summed E-state index contributed by atoms with van der Waals surface area (Å²) in [6.45, 7) is 0. The van der Waals surface area contributed by atoms with Gasteiger partial charge in [0.2, 0.25) is 0 Å². The average Bonchev–Trinajstić information content (AvgIpc) is 3.15. The number of rotatable bonds is 9. The Hall–Kier alpha value is -1.55. The number of fused-ring (bicyclic) bond motifs is 1. The van der Waals surface area contributed by atoms with Gasteiger partial charge in [-0.15, -0.1) is 0 Å². The van der Waals surface area contributed by atoms with Crippen molar-refractivity contribution in [2.24, 2.45) is 4.22 Å². The molecule has 1 aliphatic rings. The standard InChI is InChI=1S/C28H30N.2ClH.H2N.Ti/c1-21-19-25(29(2)3)18-17-22(21)11-7-10-16-27-26-15-9-8-14-24(26)20-28(27)23-12-5-4-6-13-23;;;;/h4-6,8-9,12-15,17-20,27H,1,7,10-11,16H2,2-3H3;2*1H;1H2;/q;;;-1;+3/p-2. The molecule has 0 heterocycles. The van der Waals surface area contributed by atoms with Crippen LogP contribution in [0.25, 0.3) is 11.6 Å². The molecule has 0 fully saturated rings. The monoisotopic (exact) mass is 514 g/mol. The Kier molecular flexibility index (Phi) is 8.04. The van der Waals surface area contributed by atoms with E-state index in [9.17, 15) is 0 Å². The number of aryl methyl sites for hydroxylation is 1. The van der Waals surface area contributed by atoms with Crippen LogP contribution in [0.3, 0.4) is 0 Å². The van der Waals surface area contributed by atoms with Gasteiger partial charge in [0.05, 0.1) is 0 Å². The number of anilines is 1. The van der Waals surface area contributed by atoms with Gasteiger partial charge in [-0.1, -0.05) is 6.07 Å². The van der Waals surface area contributed by atoms with E-state index in [1.165, 1.54) is 33.4 Å². The quantitative estimate of drug-likeness (QED) is 0.235. The zero-order valence-electron chi connectivity index (χ0n) is 19.4. The predicted molar refractivity (Wildman–Crippen MR) is 141 cm³/mol. The molecule has 172 valence electrons. The summed E-state index contributed by atoms with van der Waals surface area (Å²) < 4.78 is 6.74. The average molecular weight is 515 g/mol. The Morgan fingerprint density at radius 1 is 0.879 bits per heavy atom. The molecule has 1 atom stereocenters. The summed E-state index contributed by atoms with van der Waals surface area (Å²) in [5.74, 6) is 0.455. The van der Waals surface area contributed by atoms with Crippen molar-refractivity contribution in [3.63, 3.8) is 0 Å². The minimum absolute atomic E-state index is 0.455. The van der Waals surface area contributed by atoms with Crippen molar-refractivity contribution >= 4 is 35.9 Å². The van der Waals surface area contributed by atoms with E-state index in [4.69, 9.17) is 22.8 Å². The summed E-state index contributed by atoms with van der Waals surface area (Å²) >= 11 is -3.24. The van der Waals surface area contributed by atoms with Gasteiger partial charge in [-0.25, -0.2) is 0 Å². The fraction of sp³-hybridized carbons (Fsp3) is 0.286. The van der Waals surface area contributed by atoms with Gasteiger partial charge in [0.25, 0.3) is 0 Å². The topological polar surface area (TPSA) is 29.3 Å². The van der Waals surface area contributed by atoms with Gasteiger partial charge in [0.1, 0.15) is 0 Å². The van der Waals surface area contributed by atoms with Crippen LogP contribution in [0.5, 0.6) is 0 Å². The Labute approximate surface area is 209 Å². The molecule has 0 amide bonds. The van der Waals surface area contributed by atoms with Gasteiger partial charge in [-0.3, -0.25) is 0 Å².